The van der Waals surface area contributed by atoms with E-state index in [2.05, 4.69) is 5.32 Å². The van der Waals surface area contributed by atoms with Gasteiger partial charge in [0, 0.05) is 13.1 Å². The molecule has 1 aromatic rings. The van der Waals surface area contributed by atoms with Gasteiger partial charge in [0.2, 0.25) is 0 Å². The van der Waals surface area contributed by atoms with Crippen molar-refractivity contribution >= 4 is 0 Å². The van der Waals surface area contributed by atoms with Crippen LogP contribution in [0.15, 0.2) is 6.07 Å². The van der Waals surface area contributed by atoms with Crippen molar-refractivity contribution in [3.63, 3.8) is 0 Å². The number of hydrogen-bond acceptors (Lipinski definition) is 3. The maximum Gasteiger partial charge on any atom is 0.121 e. The van der Waals surface area contributed by atoms with Crippen LogP contribution in [0.3, 0.4) is 0 Å². The van der Waals surface area contributed by atoms with Crippen molar-refractivity contribution in [2.24, 2.45) is 0 Å². The Hall–Kier alpha value is -1.06. The quantitative estimate of drug-likeness (QED) is 0.762. The number of hydrogen-bond donors (Lipinski definition) is 2. The minimum atomic E-state index is 0.117. The van der Waals surface area contributed by atoms with Crippen molar-refractivity contribution in [3.05, 3.63) is 28.3 Å². The summed E-state index contributed by atoms with van der Waals surface area (Å²) in [6.45, 7) is 8.46. The van der Waals surface area contributed by atoms with E-state index in [9.17, 15) is 5.11 Å². The summed E-state index contributed by atoms with van der Waals surface area (Å²) in [6, 6.07) is 2.04. The van der Waals surface area contributed by atoms with Crippen LogP contribution >= 0.6 is 0 Å². The fourth-order valence-electron chi connectivity index (χ4n) is 2.20. The molecule has 88 valence electrons. The maximum absolute atomic E-state index is 9.85. The number of ether oxygens (including phenoxy) is 1. The number of morpholine rings is 1. The summed E-state index contributed by atoms with van der Waals surface area (Å²) >= 11 is 0. The van der Waals surface area contributed by atoms with E-state index in [1.165, 1.54) is 5.56 Å². The first-order valence-corrected chi connectivity index (χ1v) is 5.73. The number of phenols is 1. The van der Waals surface area contributed by atoms with Gasteiger partial charge in [0.25, 0.3) is 0 Å². The number of phenolic OH excluding ortho intramolecular Hbond substituents is 1. The summed E-state index contributed by atoms with van der Waals surface area (Å²) in [5.74, 6) is 0.407. The molecule has 1 unspecified atom stereocenters. The number of aryl methyl sites for hydroxylation is 1. The molecular formula is C13H19NO2. The van der Waals surface area contributed by atoms with Gasteiger partial charge < -0.3 is 15.2 Å². The van der Waals surface area contributed by atoms with Gasteiger partial charge in [-0.3, -0.25) is 0 Å². The second kappa shape index (κ2) is 4.44. The van der Waals surface area contributed by atoms with Crippen molar-refractivity contribution in [2.45, 2.75) is 26.9 Å². The second-order valence-electron chi connectivity index (χ2n) is 4.44. The van der Waals surface area contributed by atoms with Crippen molar-refractivity contribution in [1.29, 1.82) is 0 Å². The number of rotatable bonds is 1. The van der Waals surface area contributed by atoms with Crippen molar-refractivity contribution < 1.29 is 9.84 Å². The van der Waals surface area contributed by atoms with Crippen molar-refractivity contribution in [2.75, 3.05) is 19.7 Å². The molecule has 2 N–H and O–H groups in total. The topological polar surface area (TPSA) is 41.5 Å². The van der Waals surface area contributed by atoms with E-state index in [1.807, 2.05) is 26.8 Å². The zero-order chi connectivity index (χ0) is 11.7. The van der Waals surface area contributed by atoms with E-state index >= 15 is 0 Å². The Morgan fingerprint density at radius 3 is 2.69 bits per heavy atom. The highest BCUT2D eigenvalue weighted by molar-refractivity contribution is 5.48. The van der Waals surface area contributed by atoms with E-state index in [0.29, 0.717) is 5.75 Å². The summed E-state index contributed by atoms with van der Waals surface area (Å²) in [6.07, 6.45) is 0.117. The van der Waals surface area contributed by atoms with Crippen LogP contribution in [-0.4, -0.2) is 24.8 Å². The van der Waals surface area contributed by atoms with Crippen LogP contribution in [0.4, 0.5) is 0 Å². The highest BCUT2D eigenvalue weighted by Crippen LogP contribution is 2.32. The highest BCUT2D eigenvalue weighted by atomic mass is 16.5. The lowest BCUT2D eigenvalue weighted by atomic mass is 9.95. The zero-order valence-electron chi connectivity index (χ0n) is 10.1. The highest BCUT2D eigenvalue weighted by Gasteiger charge is 2.20. The first-order chi connectivity index (χ1) is 7.61. The number of nitrogens with one attached hydrogen (secondary N) is 1. The van der Waals surface area contributed by atoms with Gasteiger partial charge >= 0.3 is 0 Å². The monoisotopic (exact) mass is 221 g/mol. The summed E-state index contributed by atoms with van der Waals surface area (Å²) < 4.78 is 5.75. The average molecular weight is 221 g/mol. The molecule has 0 aromatic heterocycles. The van der Waals surface area contributed by atoms with E-state index in [0.717, 1.165) is 36.4 Å². The summed E-state index contributed by atoms with van der Waals surface area (Å²) in [7, 11) is 0. The van der Waals surface area contributed by atoms with Gasteiger partial charge in [0.05, 0.1) is 12.7 Å². The third kappa shape index (κ3) is 1.93. The number of aromatic hydroxyl groups is 1. The molecule has 0 amide bonds. The Kier molecular flexibility index (Phi) is 3.17. The minimum absolute atomic E-state index is 0.117. The summed E-state index contributed by atoms with van der Waals surface area (Å²) in [5.41, 5.74) is 4.22. The molecule has 0 bridgehead atoms. The maximum atomic E-state index is 9.85. The van der Waals surface area contributed by atoms with E-state index in [4.69, 9.17) is 4.74 Å². The fourth-order valence-corrected chi connectivity index (χ4v) is 2.20. The molecule has 3 nitrogen and oxygen atoms in total. The van der Waals surface area contributed by atoms with Crippen LogP contribution in [0.5, 0.6) is 5.75 Å². The average Bonchev–Trinajstić information content (AvgIpc) is 2.32. The molecule has 1 heterocycles. The summed E-state index contributed by atoms with van der Waals surface area (Å²) in [5, 5.41) is 13.2. The molecule has 1 aromatic carbocycles. The largest absolute Gasteiger partial charge is 0.507 e. The molecule has 0 aliphatic carbocycles. The van der Waals surface area contributed by atoms with Crippen molar-refractivity contribution in [3.8, 4) is 5.75 Å². The zero-order valence-corrected chi connectivity index (χ0v) is 10.1. The van der Waals surface area contributed by atoms with Gasteiger partial charge in [0.1, 0.15) is 5.75 Å². The van der Waals surface area contributed by atoms with Crippen molar-refractivity contribution in [1.82, 2.24) is 5.32 Å². The summed E-state index contributed by atoms with van der Waals surface area (Å²) in [4.78, 5) is 0. The lowest BCUT2D eigenvalue weighted by Gasteiger charge is -2.26. The first-order valence-electron chi connectivity index (χ1n) is 5.73. The molecule has 3 heteroatoms. The minimum Gasteiger partial charge on any atom is -0.507 e. The van der Waals surface area contributed by atoms with Gasteiger partial charge in [0.15, 0.2) is 0 Å². The van der Waals surface area contributed by atoms with Gasteiger partial charge in [-0.25, -0.2) is 0 Å². The smallest absolute Gasteiger partial charge is 0.121 e. The molecule has 1 aliphatic rings. The lowest BCUT2D eigenvalue weighted by molar-refractivity contribution is 0.0272. The molecule has 1 atom stereocenters. The number of benzene rings is 1. The van der Waals surface area contributed by atoms with Crippen LogP contribution in [0, 0.1) is 20.8 Å². The predicted molar refractivity (Wildman–Crippen MR) is 63.9 cm³/mol. The molecule has 16 heavy (non-hydrogen) atoms. The third-order valence-corrected chi connectivity index (χ3v) is 3.37. The molecule has 1 saturated heterocycles. The van der Waals surface area contributed by atoms with Crippen LogP contribution in [0.1, 0.15) is 28.4 Å². The van der Waals surface area contributed by atoms with Gasteiger partial charge in [-0.1, -0.05) is 0 Å². The Labute approximate surface area is 96.4 Å². The van der Waals surface area contributed by atoms with E-state index < -0.39 is 0 Å². The fraction of sp³-hybridized carbons (Fsp3) is 0.538. The Morgan fingerprint density at radius 1 is 1.31 bits per heavy atom. The van der Waals surface area contributed by atoms with E-state index in [-0.39, 0.29) is 6.10 Å². The molecule has 0 radical (unpaired) electrons. The van der Waals surface area contributed by atoms with Crippen LogP contribution in [0.25, 0.3) is 0 Å². The van der Waals surface area contributed by atoms with E-state index in [1.54, 1.807) is 0 Å². The van der Waals surface area contributed by atoms with Crippen LogP contribution in [-0.2, 0) is 4.74 Å². The normalized spacial score (nSPS) is 21.1. The van der Waals surface area contributed by atoms with Gasteiger partial charge in [-0.15, -0.1) is 0 Å². The molecule has 2 rings (SSSR count). The third-order valence-electron chi connectivity index (χ3n) is 3.37. The molecule has 0 saturated carbocycles. The van der Waals surface area contributed by atoms with Crippen LogP contribution in [0.2, 0.25) is 0 Å². The molecule has 1 aliphatic heterocycles. The van der Waals surface area contributed by atoms with Crippen LogP contribution < -0.4 is 5.32 Å². The van der Waals surface area contributed by atoms with Gasteiger partial charge in [-0.05, 0) is 49.1 Å². The van der Waals surface area contributed by atoms with Gasteiger partial charge in [-0.2, -0.15) is 0 Å². The Bertz CT molecular complexity index is 395. The Morgan fingerprint density at radius 2 is 2.06 bits per heavy atom. The SMILES string of the molecule is Cc1cc(C2CNCCO2)c(C)c(C)c1O. The molecule has 0 spiro atoms. The predicted octanol–water partition coefficient (Wildman–Crippen LogP) is 1.98. The lowest BCUT2D eigenvalue weighted by Crippen LogP contribution is -2.33. The first kappa shape index (κ1) is 11.4. The molecule has 1 fully saturated rings. The molecular weight excluding hydrogens is 202 g/mol. The standard InChI is InChI=1S/C13H19NO2/c1-8-6-11(9(2)10(3)13(8)15)12-7-14-4-5-16-12/h6,12,14-15H,4-5,7H2,1-3H3. The second-order valence-corrected chi connectivity index (χ2v) is 4.44. The Balaban J connectivity index is 2.40.